The summed E-state index contributed by atoms with van der Waals surface area (Å²) in [6.07, 6.45) is 1.57. The average molecular weight is 434 g/mol. The molecule has 0 bridgehead atoms. The van der Waals surface area contributed by atoms with Crippen molar-refractivity contribution < 1.29 is 4.42 Å². The molecule has 0 saturated carbocycles. The molecular weight excluding hydrogens is 417 g/mol. The molecule has 4 rings (SSSR count). The van der Waals surface area contributed by atoms with Crippen LogP contribution in [0.1, 0.15) is 11.3 Å². The van der Waals surface area contributed by atoms with E-state index in [-0.39, 0.29) is 17.7 Å². The van der Waals surface area contributed by atoms with E-state index in [1.807, 2.05) is 6.07 Å². The van der Waals surface area contributed by atoms with Gasteiger partial charge in [-0.25, -0.2) is 4.79 Å². The topological polar surface area (TPSA) is 87.0 Å². The Hall–Kier alpha value is -2.97. The van der Waals surface area contributed by atoms with Crippen LogP contribution in [0.2, 0.25) is 10.0 Å². The van der Waals surface area contributed by atoms with E-state index in [1.165, 1.54) is 11.6 Å². The Bertz CT molecular complexity index is 1300. The average Bonchev–Trinajstić information content (AvgIpc) is 3.34. The maximum absolute atomic E-state index is 12.9. The van der Waals surface area contributed by atoms with Gasteiger partial charge in [-0.1, -0.05) is 29.3 Å². The van der Waals surface area contributed by atoms with E-state index in [2.05, 4.69) is 10.3 Å². The van der Waals surface area contributed by atoms with Crippen molar-refractivity contribution in [2.45, 2.75) is 13.1 Å². The fourth-order valence-corrected chi connectivity index (χ4v) is 3.67. The summed E-state index contributed by atoms with van der Waals surface area (Å²) in [4.78, 5) is 29.7. The van der Waals surface area contributed by atoms with Gasteiger partial charge in [0.05, 0.1) is 19.4 Å². The number of nitrogens with zero attached hydrogens (tertiary/aromatic N) is 4. The molecule has 0 aliphatic rings. The van der Waals surface area contributed by atoms with Crippen molar-refractivity contribution >= 4 is 40.3 Å². The van der Waals surface area contributed by atoms with Crippen LogP contribution in [0.25, 0.3) is 11.2 Å². The Morgan fingerprint density at radius 2 is 1.79 bits per heavy atom. The summed E-state index contributed by atoms with van der Waals surface area (Å²) in [5.41, 5.74) is 0.271. The standard InChI is InChI=1S/C19H17Cl2N5O3/c1-24-16-15(17(27)25(2)19(24)28)26(10-12-13(20)6-3-7-14(12)21)18(23-16)22-9-11-5-4-8-29-11/h3-8H,9-10H2,1-2H3,(H,22,23). The van der Waals surface area contributed by atoms with Gasteiger partial charge in [-0.3, -0.25) is 18.5 Å². The second-order valence-corrected chi connectivity index (χ2v) is 7.35. The van der Waals surface area contributed by atoms with Crippen molar-refractivity contribution in [3.05, 3.63) is 78.8 Å². The van der Waals surface area contributed by atoms with Gasteiger partial charge in [0, 0.05) is 29.7 Å². The van der Waals surface area contributed by atoms with Gasteiger partial charge in [-0.15, -0.1) is 0 Å². The highest BCUT2D eigenvalue weighted by atomic mass is 35.5. The molecule has 0 saturated heterocycles. The maximum Gasteiger partial charge on any atom is 0.332 e. The van der Waals surface area contributed by atoms with Gasteiger partial charge >= 0.3 is 5.69 Å². The molecule has 0 amide bonds. The van der Waals surface area contributed by atoms with Gasteiger partial charge < -0.3 is 9.73 Å². The number of hydrogen-bond donors (Lipinski definition) is 1. The molecule has 0 aliphatic heterocycles. The number of aryl methyl sites for hydroxylation is 1. The Kier molecular flexibility index (Phi) is 4.97. The maximum atomic E-state index is 12.9. The summed E-state index contributed by atoms with van der Waals surface area (Å²) in [5, 5.41) is 4.11. The van der Waals surface area contributed by atoms with Crippen molar-refractivity contribution in [1.29, 1.82) is 0 Å². The zero-order chi connectivity index (χ0) is 20.7. The highest BCUT2D eigenvalue weighted by Gasteiger charge is 2.21. The monoisotopic (exact) mass is 433 g/mol. The van der Waals surface area contributed by atoms with Gasteiger partial charge in [-0.2, -0.15) is 4.98 Å². The molecule has 1 aromatic carbocycles. The third-order valence-corrected chi connectivity index (χ3v) is 5.43. The largest absolute Gasteiger partial charge is 0.467 e. The molecule has 0 radical (unpaired) electrons. The number of benzene rings is 1. The number of hydrogen-bond acceptors (Lipinski definition) is 5. The minimum absolute atomic E-state index is 0.197. The van der Waals surface area contributed by atoms with E-state index >= 15 is 0 Å². The van der Waals surface area contributed by atoms with E-state index in [0.717, 1.165) is 4.57 Å². The summed E-state index contributed by atoms with van der Waals surface area (Å²) in [6, 6.07) is 8.80. The number of imidazole rings is 1. The lowest BCUT2D eigenvalue weighted by Gasteiger charge is -2.13. The van der Waals surface area contributed by atoms with Crippen LogP contribution in [0.4, 0.5) is 5.95 Å². The first-order valence-corrected chi connectivity index (χ1v) is 9.49. The van der Waals surface area contributed by atoms with Gasteiger partial charge in [0.25, 0.3) is 5.56 Å². The van der Waals surface area contributed by atoms with Gasteiger partial charge in [0.2, 0.25) is 5.95 Å². The molecule has 3 aromatic heterocycles. The van der Waals surface area contributed by atoms with Gasteiger partial charge in [0.1, 0.15) is 5.76 Å². The number of halogens is 2. The van der Waals surface area contributed by atoms with Crippen LogP contribution in [0.15, 0.2) is 50.6 Å². The van der Waals surface area contributed by atoms with Crippen LogP contribution in [0.3, 0.4) is 0 Å². The zero-order valence-corrected chi connectivity index (χ0v) is 17.2. The SMILES string of the molecule is Cn1c(=O)c2c(nc(NCc3ccco3)n2Cc2c(Cl)cccc2Cl)n(C)c1=O. The molecule has 1 N–H and O–H groups in total. The van der Waals surface area contributed by atoms with E-state index in [9.17, 15) is 9.59 Å². The minimum atomic E-state index is -0.458. The number of rotatable bonds is 5. The van der Waals surface area contributed by atoms with Crippen molar-refractivity contribution in [2.75, 3.05) is 5.32 Å². The van der Waals surface area contributed by atoms with Crippen molar-refractivity contribution in [3.63, 3.8) is 0 Å². The number of nitrogens with one attached hydrogen (secondary N) is 1. The third kappa shape index (κ3) is 3.34. The van der Waals surface area contributed by atoms with Crippen LogP contribution in [-0.4, -0.2) is 18.7 Å². The van der Waals surface area contributed by atoms with E-state index in [4.69, 9.17) is 27.6 Å². The number of fused-ring (bicyclic) bond motifs is 1. The molecule has 150 valence electrons. The molecule has 3 heterocycles. The number of aromatic nitrogens is 4. The van der Waals surface area contributed by atoms with Crippen molar-refractivity contribution in [1.82, 2.24) is 18.7 Å². The molecule has 0 spiro atoms. The Balaban J connectivity index is 1.92. The van der Waals surface area contributed by atoms with Gasteiger partial charge in [0.15, 0.2) is 11.2 Å². The molecule has 4 aromatic rings. The smallest absolute Gasteiger partial charge is 0.332 e. The second-order valence-electron chi connectivity index (χ2n) is 6.53. The first-order chi connectivity index (χ1) is 13.9. The summed E-state index contributed by atoms with van der Waals surface area (Å²) in [7, 11) is 3.00. The molecule has 0 aliphatic carbocycles. The lowest BCUT2D eigenvalue weighted by atomic mass is 10.2. The highest BCUT2D eigenvalue weighted by molar-refractivity contribution is 6.36. The Morgan fingerprint density at radius 3 is 2.45 bits per heavy atom. The quantitative estimate of drug-likeness (QED) is 0.522. The summed E-state index contributed by atoms with van der Waals surface area (Å²) in [6.45, 7) is 0.545. The molecule has 10 heteroatoms. The molecule has 8 nitrogen and oxygen atoms in total. The lowest BCUT2D eigenvalue weighted by Crippen LogP contribution is -2.37. The van der Waals surface area contributed by atoms with E-state index < -0.39 is 11.2 Å². The summed E-state index contributed by atoms with van der Waals surface area (Å²) in [5.74, 6) is 1.09. The minimum Gasteiger partial charge on any atom is -0.467 e. The normalized spacial score (nSPS) is 11.3. The lowest BCUT2D eigenvalue weighted by molar-refractivity contribution is 0.517. The molecule has 0 atom stereocenters. The predicted octanol–water partition coefficient (Wildman–Crippen LogP) is 2.99. The molecule has 29 heavy (non-hydrogen) atoms. The first kappa shape index (κ1) is 19.4. The van der Waals surface area contributed by atoms with Crippen LogP contribution >= 0.6 is 23.2 Å². The summed E-state index contributed by atoms with van der Waals surface area (Å²) < 4.78 is 9.40. The van der Waals surface area contributed by atoms with Crippen LogP contribution < -0.4 is 16.6 Å². The van der Waals surface area contributed by atoms with Gasteiger partial charge in [-0.05, 0) is 24.3 Å². The van der Waals surface area contributed by atoms with Crippen LogP contribution in [0.5, 0.6) is 0 Å². The van der Waals surface area contributed by atoms with Crippen molar-refractivity contribution in [2.24, 2.45) is 14.1 Å². The number of anilines is 1. The Labute approximate surface area is 174 Å². The molecule has 0 unspecified atom stereocenters. The van der Waals surface area contributed by atoms with E-state index in [0.29, 0.717) is 33.9 Å². The van der Waals surface area contributed by atoms with E-state index in [1.54, 1.807) is 42.1 Å². The predicted molar refractivity (Wildman–Crippen MR) is 112 cm³/mol. The van der Waals surface area contributed by atoms with Crippen LogP contribution in [0, 0.1) is 0 Å². The summed E-state index contributed by atoms with van der Waals surface area (Å²) >= 11 is 12.7. The Morgan fingerprint density at radius 1 is 1.07 bits per heavy atom. The highest BCUT2D eigenvalue weighted by Crippen LogP contribution is 2.28. The third-order valence-electron chi connectivity index (χ3n) is 4.73. The first-order valence-electron chi connectivity index (χ1n) is 8.74. The fourth-order valence-electron chi connectivity index (χ4n) is 3.16. The molecule has 0 fully saturated rings. The molecular formula is C19H17Cl2N5O3. The van der Waals surface area contributed by atoms with Crippen molar-refractivity contribution in [3.8, 4) is 0 Å². The second kappa shape index (κ2) is 7.46. The fraction of sp³-hybridized carbons (Fsp3) is 0.211. The zero-order valence-electron chi connectivity index (χ0n) is 15.6. The number of furan rings is 1. The van der Waals surface area contributed by atoms with Crippen LogP contribution in [-0.2, 0) is 27.2 Å².